The molecule has 1 aromatic carbocycles. The van der Waals surface area contributed by atoms with Crippen LogP contribution in [0.5, 0.6) is 0 Å². The lowest BCUT2D eigenvalue weighted by Crippen LogP contribution is -2.32. The van der Waals surface area contributed by atoms with E-state index in [0.717, 1.165) is 12.8 Å². The minimum atomic E-state index is -3.61. The van der Waals surface area contributed by atoms with E-state index in [2.05, 4.69) is 4.72 Å². The van der Waals surface area contributed by atoms with Crippen molar-refractivity contribution in [2.45, 2.75) is 63.0 Å². The van der Waals surface area contributed by atoms with Crippen LogP contribution in [-0.2, 0) is 19.6 Å². The molecule has 2 atom stereocenters. The van der Waals surface area contributed by atoms with E-state index in [1.165, 1.54) is 24.3 Å². The molecule has 1 fully saturated rings. The Kier molecular flexibility index (Phi) is 6.12. The molecular formula is C17H23NO5S. The van der Waals surface area contributed by atoms with Crippen LogP contribution < -0.4 is 4.72 Å². The first kappa shape index (κ1) is 18.6. The first-order valence-corrected chi connectivity index (χ1v) is 9.68. The highest BCUT2D eigenvalue weighted by Gasteiger charge is 2.26. The van der Waals surface area contributed by atoms with Gasteiger partial charge in [0.05, 0.1) is 10.5 Å². The average molecular weight is 353 g/mol. The van der Waals surface area contributed by atoms with Gasteiger partial charge < -0.3 is 4.74 Å². The highest BCUT2D eigenvalue weighted by Crippen LogP contribution is 2.19. The quantitative estimate of drug-likeness (QED) is 0.793. The van der Waals surface area contributed by atoms with Crippen LogP contribution in [-0.4, -0.2) is 32.3 Å². The standard InChI is InChI=1S/C17H23NO5S/c1-3-12(2)18-24(21,22)14-10-8-13(9-11-14)17(20)23-16-7-5-4-6-15(16)19/h8-12,16,18H,3-7H2,1-2H3. The van der Waals surface area contributed by atoms with Gasteiger partial charge in [-0.2, -0.15) is 0 Å². The van der Waals surface area contributed by atoms with Gasteiger partial charge in [-0.05, 0) is 56.9 Å². The number of carbonyl (C=O) groups excluding carboxylic acids is 2. The highest BCUT2D eigenvalue weighted by molar-refractivity contribution is 7.89. The number of esters is 1. The molecule has 1 aliphatic rings. The van der Waals surface area contributed by atoms with Crippen LogP contribution in [0.3, 0.4) is 0 Å². The smallest absolute Gasteiger partial charge is 0.338 e. The fraction of sp³-hybridized carbons (Fsp3) is 0.529. The Morgan fingerprint density at radius 2 is 1.96 bits per heavy atom. The van der Waals surface area contributed by atoms with Crippen LogP contribution in [0.4, 0.5) is 0 Å². The van der Waals surface area contributed by atoms with Gasteiger partial charge in [0, 0.05) is 12.5 Å². The van der Waals surface area contributed by atoms with Gasteiger partial charge in [0.2, 0.25) is 10.0 Å². The lowest BCUT2D eigenvalue weighted by atomic mass is 9.96. The third kappa shape index (κ3) is 4.64. The molecule has 24 heavy (non-hydrogen) atoms. The van der Waals surface area contributed by atoms with Gasteiger partial charge in [-0.25, -0.2) is 17.9 Å². The van der Waals surface area contributed by atoms with Crippen molar-refractivity contribution in [1.82, 2.24) is 4.72 Å². The summed E-state index contributed by atoms with van der Waals surface area (Å²) >= 11 is 0. The van der Waals surface area contributed by atoms with Crippen molar-refractivity contribution < 1.29 is 22.7 Å². The van der Waals surface area contributed by atoms with Crippen LogP contribution in [0, 0.1) is 0 Å². The molecule has 7 heteroatoms. The zero-order valence-electron chi connectivity index (χ0n) is 13.9. The van der Waals surface area contributed by atoms with Crippen molar-refractivity contribution in [3.8, 4) is 0 Å². The van der Waals surface area contributed by atoms with Crippen molar-refractivity contribution in [3.05, 3.63) is 29.8 Å². The van der Waals surface area contributed by atoms with Crippen LogP contribution in [0.25, 0.3) is 0 Å². The Hall–Kier alpha value is -1.73. The van der Waals surface area contributed by atoms with E-state index in [4.69, 9.17) is 4.74 Å². The summed E-state index contributed by atoms with van der Waals surface area (Å²) < 4.78 is 32.1. The number of sulfonamides is 1. The molecule has 6 nitrogen and oxygen atoms in total. The van der Waals surface area contributed by atoms with E-state index in [-0.39, 0.29) is 22.3 Å². The van der Waals surface area contributed by atoms with Crippen molar-refractivity contribution in [3.63, 3.8) is 0 Å². The molecule has 0 radical (unpaired) electrons. The number of rotatable bonds is 6. The number of nitrogens with one attached hydrogen (secondary N) is 1. The van der Waals surface area contributed by atoms with E-state index < -0.39 is 22.1 Å². The number of ketones is 1. The van der Waals surface area contributed by atoms with Crippen LogP contribution >= 0.6 is 0 Å². The van der Waals surface area contributed by atoms with Crippen LogP contribution in [0.1, 0.15) is 56.3 Å². The fourth-order valence-electron chi connectivity index (χ4n) is 2.46. The molecule has 1 N–H and O–H groups in total. The van der Waals surface area contributed by atoms with Crippen molar-refractivity contribution in [1.29, 1.82) is 0 Å². The summed E-state index contributed by atoms with van der Waals surface area (Å²) in [6, 6.07) is 5.37. The van der Waals surface area contributed by atoms with Crippen LogP contribution in [0.2, 0.25) is 0 Å². The molecule has 0 aromatic heterocycles. The molecule has 2 unspecified atom stereocenters. The first-order valence-electron chi connectivity index (χ1n) is 8.19. The van der Waals surface area contributed by atoms with Crippen molar-refractivity contribution >= 4 is 21.8 Å². The van der Waals surface area contributed by atoms with Gasteiger partial charge in [0.15, 0.2) is 11.9 Å². The predicted octanol–water partition coefficient (Wildman–Crippen LogP) is 2.43. The normalized spacial score (nSPS) is 19.8. The molecule has 1 aliphatic carbocycles. The molecule has 0 spiro atoms. The monoisotopic (exact) mass is 353 g/mol. The number of Topliss-reactive ketones (excluding diaryl/α,β-unsaturated/α-hetero) is 1. The van der Waals surface area contributed by atoms with Gasteiger partial charge in [0.1, 0.15) is 0 Å². The Bertz CT molecular complexity index is 696. The molecule has 1 aromatic rings. The van der Waals surface area contributed by atoms with Gasteiger partial charge >= 0.3 is 5.97 Å². The second-order valence-electron chi connectivity index (χ2n) is 6.06. The van der Waals surface area contributed by atoms with Gasteiger partial charge in [-0.15, -0.1) is 0 Å². The third-order valence-corrected chi connectivity index (χ3v) is 5.72. The Balaban J connectivity index is 2.05. The van der Waals surface area contributed by atoms with Gasteiger partial charge in [-0.1, -0.05) is 6.92 Å². The highest BCUT2D eigenvalue weighted by atomic mass is 32.2. The molecule has 0 amide bonds. The average Bonchev–Trinajstić information content (AvgIpc) is 2.56. The number of benzene rings is 1. The van der Waals surface area contributed by atoms with Crippen molar-refractivity contribution in [2.75, 3.05) is 0 Å². The number of carbonyl (C=O) groups is 2. The Morgan fingerprint density at radius 3 is 2.54 bits per heavy atom. The SMILES string of the molecule is CCC(C)NS(=O)(=O)c1ccc(C(=O)OC2CCCCC2=O)cc1. The second kappa shape index (κ2) is 7.90. The number of hydrogen-bond donors (Lipinski definition) is 1. The van der Waals surface area contributed by atoms with Gasteiger partial charge in [-0.3, -0.25) is 4.79 Å². The Labute approximate surface area is 142 Å². The maximum absolute atomic E-state index is 12.2. The van der Waals surface area contributed by atoms with Crippen LogP contribution in [0.15, 0.2) is 29.2 Å². The minimum absolute atomic E-state index is 0.0495. The summed E-state index contributed by atoms with van der Waals surface area (Å²) in [5, 5.41) is 0. The number of ether oxygens (including phenoxy) is 1. The Morgan fingerprint density at radius 1 is 1.29 bits per heavy atom. The zero-order chi connectivity index (χ0) is 17.7. The largest absolute Gasteiger partial charge is 0.451 e. The fourth-order valence-corrected chi connectivity index (χ4v) is 3.79. The van der Waals surface area contributed by atoms with E-state index in [1.54, 1.807) is 6.92 Å². The maximum atomic E-state index is 12.2. The topological polar surface area (TPSA) is 89.5 Å². The van der Waals surface area contributed by atoms with Gasteiger partial charge in [0.25, 0.3) is 0 Å². The summed E-state index contributed by atoms with van der Waals surface area (Å²) in [5.41, 5.74) is 0.232. The summed E-state index contributed by atoms with van der Waals surface area (Å²) in [6.45, 7) is 3.67. The molecule has 132 valence electrons. The lowest BCUT2D eigenvalue weighted by Gasteiger charge is -2.20. The minimum Gasteiger partial charge on any atom is -0.451 e. The molecule has 2 rings (SSSR count). The summed E-state index contributed by atoms with van der Waals surface area (Å²) in [5.74, 6) is -0.652. The lowest BCUT2D eigenvalue weighted by molar-refractivity contribution is -0.129. The summed E-state index contributed by atoms with van der Waals surface area (Å²) in [6.07, 6.45) is 2.69. The molecule has 1 saturated carbocycles. The first-order chi connectivity index (χ1) is 11.3. The summed E-state index contributed by atoms with van der Waals surface area (Å²) in [4.78, 5) is 23.9. The van der Waals surface area contributed by atoms with E-state index in [0.29, 0.717) is 19.3 Å². The van der Waals surface area contributed by atoms with Crippen molar-refractivity contribution in [2.24, 2.45) is 0 Å². The van der Waals surface area contributed by atoms with E-state index >= 15 is 0 Å². The molecule has 0 aliphatic heterocycles. The second-order valence-corrected chi connectivity index (χ2v) is 7.77. The summed E-state index contributed by atoms with van der Waals surface area (Å²) in [7, 11) is -3.61. The molecule has 0 heterocycles. The molecule has 0 bridgehead atoms. The van der Waals surface area contributed by atoms with E-state index in [9.17, 15) is 18.0 Å². The predicted molar refractivity (Wildman–Crippen MR) is 89.2 cm³/mol. The molecular weight excluding hydrogens is 330 g/mol. The zero-order valence-corrected chi connectivity index (χ0v) is 14.8. The number of hydrogen-bond acceptors (Lipinski definition) is 5. The van der Waals surface area contributed by atoms with E-state index in [1.807, 2.05) is 6.92 Å². The maximum Gasteiger partial charge on any atom is 0.338 e. The third-order valence-electron chi connectivity index (χ3n) is 4.12. The molecule has 0 saturated heterocycles.